The average molecular weight is 469 g/mol. The van der Waals surface area contributed by atoms with Crippen molar-refractivity contribution < 1.29 is 9.59 Å². The number of carbonyl (C=O) groups is 2. The molecule has 2 amide bonds. The SMILES string of the molecule is Cc1ccc(SC2=C(N(C)c3ccccc3)C(=O)N(c3cccc(Cl)c3Cl)C2=O)cc1. The second-order valence-electron chi connectivity index (χ2n) is 7.01. The van der Waals surface area contributed by atoms with Crippen LogP contribution < -0.4 is 9.80 Å². The molecule has 3 aromatic rings. The van der Waals surface area contributed by atoms with Crippen LogP contribution in [-0.4, -0.2) is 18.9 Å². The Morgan fingerprint density at radius 3 is 2.19 bits per heavy atom. The van der Waals surface area contributed by atoms with Gasteiger partial charge in [0.1, 0.15) is 10.6 Å². The van der Waals surface area contributed by atoms with Gasteiger partial charge in [-0.05, 0) is 43.3 Å². The molecule has 0 aliphatic carbocycles. The number of thioether (sulfide) groups is 1. The molecule has 1 aliphatic heterocycles. The lowest BCUT2D eigenvalue weighted by molar-refractivity contribution is -0.120. The fourth-order valence-corrected chi connectivity index (χ4v) is 4.66. The molecule has 1 aliphatic rings. The van der Waals surface area contributed by atoms with Gasteiger partial charge in [-0.1, -0.05) is 76.9 Å². The monoisotopic (exact) mass is 468 g/mol. The van der Waals surface area contributed by atoms with E-state index in [1.807, 2.05) is 61.5 Å². The third kappa shape index (κ3) is 4.09. The number of hydrogen-bond donors (Lipinski definition) is 0. The maximum absolute atomic E-state index is 13.5. The van der Waals surface area contributed by atoms with Gasteiger partial charge in [-0.2, -0.15) is 0 Å². The lowest BCUT2D eigenvalue weighted by Gasteiger charge is -2.22. The molecule has 156 valence electrons. The largest absolute Gasteiger partial charge is 0.339 e. The van der Waals surface area contributed by atoms with Crippen LogP contribution in [0, 0.1) is 6.92 Å². The van der Waals surface area contributed by atoms with E-state index in [2.05, 4.69) is 0 Å². The van der Waals surface area contributed by atoms with Gasteiger partial charge in [-0.3, -0.25) is 9.59 Å². The van der Waals surface area contributed by atoms with E-state index < -0.39 is 11.8 Å². The van der Waals surface area contributed by atoms with Crippen molar-refractivity contribution in [1.82, 2.24) is 0 Å². The molecule has 4 nitrogen and oxygen atoms in total. The van der Waals surface area contributed by atoms with Gasteiger partial charge in [0, 0.05) is 17.6 Å². The van der Waals surface area contributed by atoms with Gasteiger partial charge in [0.25, 0.3) is 11.8 Å². The van der Waals surface area contributed by atoms with Gasteiger partial charge in [-0.15, -0.1) is 0 Å². The quantitative estimate of drug-likeness (QED) is 0.411. The van der Waals surface area contributed by atoms with Gasteiger partial charge in [0.2, 0.25) is 0 Å². The molecular weight excluding hydrogens is 451 g/mol. The molecule has 0 bridgehead atoms. The minimum Gasteiger partial charge on any atom is -0.339 e. The van der Waals surface area contributed by atoms with Crippen LogP contribution in [0.2, 0.25) is 10.0 Å². The molecular formula is C24H18Cl2N2O2S. The summed E-state index contributed by atoms with van der Waals surface area (Å²) in [5.41, 5.74) is 2.46. The zero-order chi connectivity index (χ0) is 22.1. The molecule has 0 N–H and O–H groups in total. The second-order valence-corrected chi connectivity index (χ2v) is 8.88. The molecule has 31 heavy (non-hydrogen) atoms. The van der Waals surface area contributed by atoms with Crippen molar-refractivity contribution in [3.63, 3.8) is 0 Å². The maximum Gasteiger partial charge on any atom is 0.283 e. The van der Waals surface area contributed by atoms with E-state index in [0.29, 0.717) is 4.91 Å². The lowest BCUT2D eigenvalue weighted by Crippen LogP contribution is -2.34. The number of amides is 2. The van der Waals surface area contributed by atoms with Gasteiger partial charge in [0.15, 0.2) is 0 Å². The number of rotatable bonds is 5. The summed E-state index contributed by atoms with van der Waals surface area (Å²) >= 11 is 13.8. The van der Waals surface area contributed by atoms with E-state index in [9.17, 15) is 9.59 Å². The van der Waals surface area contributed by atoms with Crippen LogP contribution in [-0.2, 0) is 9.59 Å². The van der Waals surface area contributed by atoms with Crippen molar-refractivity contribution in [2.45, 2.75) is 11.8 Å². The first-order valence-electron chi connectivity index (χ1n) is 9.49. The molecule has 0 saturated heterocycles. The molecule has 0 fully saturated rings. The Kier molecular flexibility index (Phi) is 6.10. The van der Waals surface area contributed by atoms with E-state index in [-0.39, 0.29) is 21.4 Å². The molecule has 3 aromatic carbocycles. The highest BCUT2D eigenvalue weighted by molar-refractivity contribution is 8.04. The average Bonchev–Trinajstić information content (AvgIpc) is 3.01. The summed E-state index contributed by atoms with van der Waals surface area (Å²) < 4.78 is 0. The maximum atomic E-state index is 13.5. The molecule has 0 atom stereocenters. The van der Waals surface area contributed by atoms with E-state index >= 15 is 0 Å². The fourth-order valence-electron chi connectivity index (χ4n) is 3.27. The number of aryl methyl sites for hydroxylation is 1. The highest BCUT2D eigenvalue weighted by Crippen LogP contribution is 2.42. The van der Waals surface area contributed by atoms with Crippen LogP contribution in [0.15, 0.2) is 88.3 Å². The predicted molar refractivity (Wildman–Crippen MR) is 128 cm³/mol. The van der Waals surface area contributed by atoms with Crippen LogP contribution in [0.4, 0.5) is 11.4 Å². The summed E-state index contributed by atoms with van der Waals surface area (Å²) in [7, 11) is 1.77. The highest BCUT2D eigenvalue weighted by Gasteiger charge is 2.43. The van der Waals surface area contributed by atoms with E-state index in [1.54, 1.807) is 30.1 Å². The summed E-state index contributed by atoms with van der Waals surface area (Å²) in [6, 6.07) is 22.1. The van der Waals surface area contributed by atoms with E-state index in [1.165, 1.54) is 11.8 Å². The number of hydrogen-bond acceptors (Lipinski definition) is 4. The van der Waals surface area contributed by atoms with E-state index in [4.69, 9.17) is 23.2 Å². The molecule has 0 radical (unpaired) electrons. The van der Waals surface area contributed by atoms with Gasteiger partial charge in [0.05, 0.1) is 15.7 Å². The van der Waals surface area contributed by atoms with Crippen molar-refractivity contribution >= 4 is 58.2 Å². The molecule has 0 aromatic heterocycles. The fraction of sp³-hybridized carbons (Fsp3) is 0.0833. The standard InChI is InChI=1S/C24H18Cl2N2O2S/c1-15-11-13-17(14-12-15)31-22-21(27(2)16-7-4-3-5-8-16)23(29)28(24(22)30)19-10-6-9-18(25)20(19)26/h3-14H,1-2H3. The first kappa shape index (κ1) is 21.5. The second kappa shape index (κ2) is 8.79. The molecule has 0 spiro atoms. The highest BCUT2D eigenvalue weighted by atomic mass is 35.5. The number of para-hydroxylation sites is 1. The summed E-state index contributed by atoms with van der Waals surface area (Å²) in [5.74, 6) is -0.882. The van der Waals surface area contributed by atoms with Gasteiger partial charge >= 0.3 is 0 Å². The first-order valence-corrected chi connectivity index (χ1v) is 11.1. The molecule has 1 heterocycles. The molecule has 4 rings (SSSR count). The smallest absolute Gasteiger partial charge is 0.283 e. The van der Waals surface area contributed by atoms with Crippen LogP contribution in [0.1, 0.15) is 5.56 Å². The minimum absolute atomic E-state index is 0.161. The van der Waals surface area contributed by atoms with Crippen molar-refractivity contribution in [3.8, 4) is 0 Å². The molecule has 7 heteroatoms. The van der Waals surface area contributed by atoms with Crippen LogP contribution in [0.3, 0.4) is 0 Å². The van der Waals surface area contributed by atoms with Crippen molar-refractivity contribution in [2.24, 2.45) is 0 Å². The van der Waals surface area contributed by atoms with Crippen molar-refractivity contribution in [2.75, 3.05) is 16.8 Å². The normalized spacial score (nSPS) is 13.9. The topological polar surface area (TPSA) is 40.6 Å². The number of imide groups is 1. The number of benzene rings is 3. The third-order valence-corrected chi connectivity index (χ3v) is 6.80. The summed E-state index contributed by atoms with van der Waals surface area (Å²) in [6.07, 6.45) is 0. The Morgan fingerprint density at radius 2 is 1.52 bits per heavy atom. The van der Waals surface area contributed by atoms with Gasteiger partial charge < -0.3 is 4.90 Å². The molecule has 0 saturated carbocycles. The van der Waals surface area contributed by atoms with E-state index in [0.717, 1.165) is 21.0 Å². The minimum atomic E-state index is -0.449. The number of carbonyl (C=O) groups excluding carboxylic acids is 2. The van der Waals surface area contributed by atoms with Crippen molar-refractivity contribution in [3.05, 3.63) is 99.0 Å². The van der Waals surface area contributed by atoms with Crippen LogP contribution in [0.25, 0.3) is 0 Å². The Hall–Kier alpha value is -2.73. The number of likely N-dealkylation sites (N-methyl/N-ethyl adjacent to an activating group) is 1. The summed E-state index contributed by atoms with van der Waals surface area (Å²) in [6.45, 7) is 2.00. The first-order chi connectivity index (χ1) is 14.9. The van der Waals surface area contributed by atoms with Crippen molar-refractivity contribution in [1.29, 1.82) is 0 Å². The van der Waals surface area contributed by atoms with Crippen LogP contribution >= 0.6 is 35.0 Å². The zero-order valence-corrected chi connectivity index (χ0v) is 19.1. The Bertz CT molecular complexity index is 1190. The Morgan fingerprint density at radius 1 is 0.839 bits per heavy atom. The number of anilines is 2. The lowest BCUT2D eigenvalue weighted by atomic mass is 10.2. The number of nitrogens with zero attached hydrogens (tertiary/aromatic N) is 2. The van der Waals surface area contributed by atoms with Crippen LogP contribution in [0.5, 0.6) is 0 Å². The Labute approximate surface area is 195 Å². The third-order valence-electron chi connectivity index (χ3n) is 4.91. The molecule has 0 unspecified atom stereocenters. The summed E-state index contributed by atoms with van der Waals surface area (Å²) in [4.78, 5) is 31.1. The predicted octanol–water partition coefficient (Wildman–Crippen LogP) is 6.32. The van der Waals surface area contributed by atoms with Gasteiger partial charge in [-0.25, -0.2) is 4.90 Å². The zero-order valence-electron chi connectivity index (χ0n) is 16.8. The summed E-state index contributed by atoms with van der Waals surface area (Å²) in [5, 5.41) is 0.437. The Balaban J connectivity index is 1.82. The number of halogens is 2.